The average molecular weight is 332 g/mol. The predicted molar refractivity (Wildman–Crippen MR) is 79.9 cm³/mol. The number of primary amides is 1. The number of likely N-dealkylation sites (tertiary alicyclic amines) is 1. The maximum absolute atomic E-state index is 12.4. The summed E-state index contributed by atoms with van der Waals surface area (Å²) in [6.07, 6.45) is 0.442. The van der Waals surface area contributed by atoms with Gasteiger partial charge in [-0.2, -0.15) is 12.6 Å². The molecule has 0 aliphatic carbocycles. The second kappa shape index (κ2) is 7.99. The van der Waals surface area contributed by atoms with Gasteiger partial charge in [0.15, 0.2) is 0 Å². The van der Waals surface area contributed by atoms with Crippen LogP contribution < -0.4 is 16.8 Å². The molecule has 22 heavy (non-hydrogen) atoms. The Labute approximate surface area is 132 Å². The quantitative estimate of drug-likeness (QED) is 0.329. The second-order valence-corrected chi connectivity index (χ2v) is 5.41. The van der Waals surface area contributed by atoms with E-state index < -0.39 is 48.2 Å². The molecule has 1 rings (SSSR count). The van der Waals surface area contributed by atoms with E-state index in [4.69, 9.17) is 16.6 Å². The van der Waals surface area contributed by atoms with Gasteiger partial charge in [-0.3, -0.25) is 14.4 Å². The Bertz CT molecular complexity index is 472. The number of hydrogen-bond donors (Lipinski definition) is 5. The van der Waals surface area contributed by atoms with E-state index in [1.54, 1.807) is 0 Å². The Morgan fingerprint density at radius 2 is 2.00 bits per heavy atom. The topological polar surface area (TPSA) is 156 Å². The summed E-state index contributed by atoms with van der Waals surface area (Å²) in [6.45, 7) is 0.250. The van der Waals surface area contributed by atoms with Crippen molar-refractivity contribution in [2.24, 2.45) is 11.5 Å². The standard InChI is InChI=1S/C12H20N4O5S/c13-6(5-22)10(18)15-7(4-9(14)17)11(19)16-3-1-2-8(16)12(20)21/h6-8,22H,1-5,13H2,(H2,14,17)(H,15,18)(H,20,21)/t6-,7-,8+/m0/s1. The number of nitrogens with zero attached hydrogens (tertiary/aromatic N) is 1. The second-order valence-electron chi connectivity index (χ2n) is 5.05. The molecule has 6 N–H and O–H groups in total. The number of amides is 3. The van der Waals surface area contributed by atoms with Crippen LogP contribution in [0.4, 0.5) is 0 Å². The van der Waals surface area contributed by atoms with Crippen molar-refractivity contribution in [1.82, 2.24) is 10.2 Å². The molecular weight excluding hydrogens is 312 g/mol. The van der Waals surface area contributed by atoms with Gasteiger partial charge >= 0.3 is 5.97 Å². The normalized spacial score (nSPS) is 20.3. The number of nitrogens with two attached hydrogens (primary N) is 2. The number of thiol groups is 1. The Hall–Kier alpha value is -1.81. The van der Waals surface area contributed by atoms with Crippen LogP contribution in [0, 0.1) is 0 Å². The number of carbonyl (C=O) groups is 4. The third kappa shape index (κ3) is 4.60. The van der Waals surface area contributed by atoms with Crippen LogP contribution >= 0.6 is 12.6 Å². The van der Waals surface area contributed by atoms with Gasteiger partial charge in [0.1, 0.15) is 12.1 Å². The first-order valence-corrected chi connectivity index (χ1v) is 7.39. The van der Waals surface area contributed by atoms with Crippen LogP contribution in [0.2, 0.25) is 0 Å². The van der Waals surface area contributed by atoms with E-state index in [0.717, 1.165) is 4.90 Å². The summed E-state index contributed by atoms with van der Waals surface area (Å²) in [4.78, 5) is 47.6. The summed E-state index contributed by atoms with van der Waals surface area (Å²) in [5, 5.41) is 11.4. The number of carboxylic acid groups (broad SMARTS) is 1. The Kier molecular flexibility index (Phi) is 6.62. The molecule has 0 spiro atoms. The Morgan fingerprint density at radius 1 is 1.36 bits per heavy atom. The zero-order chi connectivity index (χ0) is 16.9. The third-order valence-electron chi connectivity index (χ3n) is 3.37. The molecule has 1 heterocycles. The molecule has 0 radical (unpaired) electrons. The van der Waals surface area contributed by atoms with E-state index >= 15 is 0 Å². The SMILES string of the molecule is NC(=O)C[C@H](NC(=O)[C@@H](N)CS)C(=O)N1CCC[C@@H]1C(=O)O. The lowest BCUT2D eigenvalue weighted by Gasteiger charge is -2.27. The number of rotatable bonds is 7. The van der Waals surface area contributed by atoms with E-state index in [9.17, 15) is 19.2 Å². The molecule has 1 fully saturated rings. The van der Waals surface area contributed by atoms with Gasteiger partial charge in [0.05, 0.1) is 12.5 Å². The fraction of sp³-hybridized carbons (Fsp3) is 0.667. The zero-order valence-corrected chi connectivity index (χ0v) is 12.8. The van der Waals surface area contributed by atoms with E-state index in [1.165, 1.54) is 0 Å². The Morgan fingerprint density at radius 3 is 2.50 bits per heavy atom. The van der Waals surface area contributed by atoms with Crippen LogP contribution in [-0.4, -0.2) is 64.1 Å². The van der Waals surface area contributed by atoms with Gasteiger partial charge in [-0.1, -0.05) is 0 Å². The molecule has 3 atom stereocenters. The van der Waals surface area contributed by atoms with Crippen molar-refractivity contribution < 1.29 is 24.3 Å². The lowest BCUT2D eigenvalue weighted by Crippen LogP contribution is -2.55. The van der Waals surface area contributed by atoms with Crippen molar-refractivity contribution >= 4 is 36.3 Å². The summed E-state index contributed by atoms with van der Waals surface area (Å²) in [5.41, 5.74) is 10.6. The predicted octanol–water partition coefficient (Wildman–Crippen LogP) is -2.32. The zero-order valence-electron chi connectivity index (χ0n) is 11.9. The fourth-order valence-corrected chi connectivity index (χ4v) is 2.42. The molecule has 9 nitrogen and oxygen atoms in total. The molecule has 0 aromatic rings. The summed E-state index contributed by atoms with van der Waals surface area (Å²) in [7, 11) is 0. The van der Waals surface area contributed by atoms with Gasteiger partial charge in [0.25, 0.3) is 0 Å². The van der Waals surface area contributed by atoms with Crippen LogP contribution in [0.15, 0.2) is 0 Å². The molecule has 1 saturated heterocycles. The minimum atomic E-state index is -1.23. The first kappa shape index (κ1) is 18.2. The first-order valence-electron chi connectivity index (χ1n) is 6.76. The van der Waals surface area contributed by atoms with Gasteiger partial charge < -0.3 is 26.8 Å². The lowest BCUT2D eigenvalue weighted by atomic mass is 10.1. The molecule has 124 valence electrons. The molecule has 0 saturated carbocycles. The molecule has 0 bridgehead atoms. The van der Waals surface area contributed by atoms with Crippen molar-refractivity contribution in [3.63, 3.8) is 0 Å². The van der Waals surface area contributed by atoms with Crippen molar-refractivity contribution in [3.8, 4) is 0 Å². The molecule has 1 aliphatic rings. The van der Waals surface area contributed by atoms with E-state index in [2.05, 4.69) is 17.9 Å². The summed E-state index contributed by atoms with van der Waals surface area (Å²) in [6, 6.07) is -3.13. The van der Waals surface area contributed by atoms with Crippen molar-refractivity contribution in [3.05, 3.63) is 0 Å². The monoisotopic (exact) mass is 332 g/mol. The largest absolute Gasteiger partial charge is 0.480 e. The van der Waals surface area contributed by atoms with E-state index in [0.29, 0.717) is 12.8 Å². The van der Waals surface area contributed by atoms with Crippen LogP contribution in [0.5, 0.6) is 0 Å². The summed E-state index contributed by atoms with van der Waals surface area (Å²) in [5.74, 6) is -3.15. The minimum Gasteiger partial charge on any atom is -0.480 e. The third-order valence-corrected chi connectivity index (χ3v) is 3.77. The molecule has 0 aromatic heterocycles. The highest BCUT2D eigenvalue weighted by Gasteiger charge is 2.38. The molecule has 0 aromatic carbocycles. The highest BCUT2D eigenvalue weighted by Crippen LogP contribution is 2.19. The molecular formula is C12H20N4O5S. The Balaban J connectivity index is 2.86. The van der Waals surface area contributed by atoms with Crippen molar-refractivity contribution in [1.29, 1.82) is 0 Å². The molecule has 3 amide bonds. The number of nitrogens with one attached hydrogen (secondary N) is 1. The van der Waals surface area contributed by atoms with E-state index in [-0.39, 0.29) is 12.3 Å². The van der Waals surface area contributed by atoms with Crippen molar-refractivity contribution in [2.45, 2.75) is 37.4 Å². The minimum absolute atomic E-state index is 0.0603. The van der Waals surface area contributed by atoms with Crippen LogP contribution in [0.25, 0.3) is 0 Å². The fourth-order valence-electron chi connectivity index (χ4n) is 2.25. The maximum Gasteiger partial charge on any atom is 0.326 e. The summed E-state index contributed by atoms with van der Waals surface area (Å²) >= 11 is 3.88. The number of hydrogen-bond acceptors (Lipinski definition) is 6. The highest BCUT2D eigenvalue weighted by atomic mass is 32.1. The number of aliphatic carboxylic acids is 1. The van der Waals surface area contributed by atoms with Gasteiger partial charge in [-0.15, -0.1) is 0 Å². The van der Waals surface area contributed by atoms with Gasteiger partial charge in [-0.05, 0) is 12.8 Å². The smallest absolute Gasteiger partial charge is 0.326 e. The molecule has 0 unspecified atom stereocenters. The van der Waals surface area contributed by atoms with Crippen LogP contribution in [0.1, 0.15) is 19.3 Å². The lowest BCUT2D eigenvalue weighted by molar-refractivity contribution is -0.149. The first-order chi connectivity index (χ1) is 10.3. The van der Waals surface area contributed by atoms with E-state index in [1.807, 2.05) is 0 Å². The number of carbonyl (C=O) groups excluding carboxylic acids is 3. The molecule has 10 heteroatoms. The van der Waals surface area contributed by atoms with Gasteiger partial charge in [0, 0.05) is 12.3 Å². The van der Waals surface area contributed by atoms with Gasteiger partial charge in [-0.25, -0.2) is 4.79 Å². The average Bonchev–Trinajstić information content (AvgIpc) is 2.93. The summed E-state index contributed by atoms with van der Waals surface area (Å²) < 4.78 is 0. The van der Waals surface area contributed by atoms with Crippen LogP contribution in [0.3, 0.4) is 0 Å². The highest BCUT2D eigenvalue weighted by molar-refractivity contribution is 7.80. The maximum atomic E-state index is 12.4. The molecule has 1 aliphatic heterocycles. The van der Waals surface area contributed by atoms with Crippen LogP contribution in [-0.2, 0) is 19.2 Å². The van der Waals surface area contributed by atoms with Gasteiger partial charge in [0.2, 0.25) is 17.7 Å². The van der Waals surface area contributed by atoms with Crippen molar-refractivity contribution in [2.75, 3.05) is 12.3 Å². The number of carboxylic acids is 1.